The van der Waals surface area contributed by atoms with Crippen LogP contribution in [0.5, 0.6) is 0 Å². The average molecular weight is 305 g/mol. The summed E-state index contributed by atoms with van der Waals surface area (Å²) in [6, 6.07) is 17.3. The quantitative estimate of drug-likeness (QED) is 0.736. The van der Waals surface area contributed by atoms with Gasteiger partial charge in [0.15, 0.2) is 0 Å². The third-order valence-electron chi connectivity index (χ3n) is 3.40. The number of hydrogen-bond acceptors (Lipinski definition) is 3. The zero-order valence-electron chi connectivity index (χ0n) is 11.9. The number of nitrogens with two attached hydrogens (primary N) is 1. The van der Waals surface area contributed by atoms with Crippen molar-refractivity contribution in [1.29, 1.82) is 0 Å². The summed E-state index contributed by atoms with van der Waals surface area (Å²) in [6.07, 6.45) is 0.0995. The Labute approximate surface area is 130 Å². The molecule has 0 radical (unpaired) electrons. The Balaban J connectivity index is 1.73. The van der Waals surface area contributed by atoms with Crippen molar-refractivity contribution in [2.75, 3.05) is 6.54 Å². The zero-order chi connectivity index (χ0) is 15.1. The van der Waals surface area contributed by atoms with Gasteiger partial charge in [0, 0.05) is 24.2 Å². The zero-order valence-corrected chi connectivity index (χ0v) is 12.6. The normalized spacial score (nSPS) is 13.9. The number of aliphatic hydroxyl groups excluding tert-OH is 1. The Morgan fingerprint density at radius 1 is 1.00 bits per heavy atom. The molecule has 1 unspecified atom stereocenters. The molecule has 0 fully saturated rings. The monoisotopic (exact) mass is 304 g/mol. The highest BCUT2D eigenvalue weighted by Gasteiger charge is 2.14. The molecule has 0 saturated heterocycles. The molecule has 0 amide bonds. The molecule has 2 rings (SSSR count). The molecule has 0 aliphatic carbocycles. The van der Waals surface area contributed by atoms with Crippen LogP contribution in [-0.4, -0.2) is 23.8 Å². The van der Waals surface area contributed by atoms with Crippen LogP contribution in [-0.2, 0) is 13.0 Å². The van der Waals surface area contributed by atoms with Crippen molar-refractivity contribution in [3.63, 3.8) is 0 Å². The van der Waals surface area contributed by atoms with Gasteiger partial charge in [0.25, 0.3) is 0 Å². The minimum atomic E-state index is -0.572. The Morgan fingerprint density at radius 3 is 2.33 bits per heavy atom. The maximum absolute atomic E-state index is 10.1. The van der Waals surface area contributed by atoms with E-state index in [2.05, 4.69) is 5.32 Å². The first-order valence-corrected chi connectivity index (χ1v) is 7.45. The van der Waals surface area contributed by atoms with Crippen molar-refractivity contribution in [3.8, 4) is 0 Å². The third-order valence-corrected chi connectivity index (χ3v) is 3.66. The molecule has 0 spiro atoms. The fourth-order valence-corrected chi connectivity index (χ4v) is 2.27. The minimum absolute atomic E-state index is 0.273. The first-order valence-electron chi connectivity index (χ1n) is 7.08. The van der Waals surface area contributed by atoms with Gasteiger partial charge in [0.1, 0.15) is 0 Å². The van der Waals surface area contributed by atoms with Crippen LogP contribution in [0.4, 0.5) is 0 Å². The fraction of sp³-hybridized carbons (Fsp3) is 0.294. The highest BCUT2D eigenvalue weighted by atomic mass is 35.5. The van der Waals surface area contributed by atoms with Gasteiger partial charge in [-0.25, -0.2) is 0 Å². The van der Waals surface area contributed by atoms with E-state index < -0.39 is 6.10 Å². The van der Waals surface area contributed by atoms with E-state index >= 15 is 0 Å². The first-order chi connectivity index (χ1) is 10.1. The highest BCUT2D eigenvalue weighted by Crippen LogP contribution is 2.09. The summed E-state index contributed by atoms with van der Waals surface area (Å²) in [5.41, 5.74) is 8.31. The lowest BCUT2D eigenvalue weighted by molar-refractivity contribution is 0.141. The molecular formula is C17H21ClN2O. The number of halogens is 1. The summed E-state index contributed by atoms with van der Waals surface area (Å²) in [4.78, 5) is 0. The smallest absolute Gasteiger partial charge is 0.0818 e. The van der Waals surface area contributed by atoms with E-state index in [0.29, 0.717) is 19.5 Å². The van der Waals surface area contributed by atoms with E-state index in [0.717, 1.165) is 16.1 Å². The number of aliphatic hydroxyl groups is 1. The summed E-state index contributed by atoms with van der Waals surface area (Å²) in [6.45, 7) is 1.16. The molecule has 0 aromatic heterocycles. The SMILES string of the molecule is NC(Cc1ccccc1)[C@@H](O)CNCc1ccc(Cl)cc1. The van der Waals surface area contributed by atoms with Crippen LogP contribution in [0.3, 0.4) is 0 Å². The van der Waals surface area contributed by atoms with Crippen LogP contribution in [0.15, 0.2) is 54.6 Å². The molecule has 2 atom stereocenters. The highest BCUT2D eigenvalue weighted by molar-refractivity contribution is 6.30. The topological polar surface area (TPSA) is 58.3 Å². The second-order valence-corrected chi connectivity index (χ2v) is 5.61. The Hall–Kier alpha value is -1.39. The first kappa shape index (κ1) is 16.0. The molecule has 2 aromatic carbocycles. The molecule has 0 saturated carbocycles. The van der Waals surface area contributed by atoms with E-state index in [1.54, 1.807) is 0 Å². The van der Waals surface area contributed by atoms with Gasteiger partial charge in [-0.3, -0.25) is 0 Å². The van der Waals surface area contributed by atoms with E-state index in [4.69, 9.17) is 17.3 Å². The summed E-state index contributed by atoms with van der Waals surface area (Å²) in [5, 5.41) is 14.0. The molecular weight excluding hydrogens is 284 g/mol. The van der Waals surface area contributed by atoms with Crippen LogP contribution < -0.4 is 11.1 Å². The third kappa shape index (κ3) is 5.48. The van der Waals surface area contributed by atoms with Gasteiger partial charge in [-0.1, -0.05) is 54.1 Å². The van der Waals surface area contributed by atoms with E-state index in [-0.39, 0.29) is 6.04 Å². The number of benzene rings is 2. The van der Waals surface area contributed by atoms with Crippen LogP contribution >= 0.6 is 11.6 Å². The predicted octanol–water partition coefficient (Wildman–Crippen LogP) is 2.36. The minimum Gasteiger partial charge on any atom is -0.390 e. The average Bonchev–Trinajstić information content (AvgIpc) is 2.50. The molecule has 4 N–H and O–H groups in total. The lowest BCUT2D eigenvalue weighted by atomic mass is 10.0. The molecule has 21 heavy (non-hydrogen) atoms. The Kier molecular flexibility index (Phi) is 6.21. The van der Waals surface area contributed by atoms with Crippen LogP contribution in [0, 0.1) is 0 Å². The largest absolute Gasteiger partial charge is 0.390 e. The summed E-state index contributed by atoms with van der Waals surface area (Å²) >= 11 is 5.84. The van der Waals surface area contributed by atoms with Gasteiger partial charge in [0.05, 0.1) is 6.10 Å². The van der Waals surface area contributed by atoms with Crippen molar-refractivity contribution in [3.05, 3.63) is 70.7 Å². The molecule has 112 valence electrons. The van der Waals surface area contributed by atoms with Gasteiger partial charge < -0.3 is 16.2 Å². The van der Waals surface area contributed by atoms with Crippen LogP contribution in [0.1, 0.15) is 11.1 Å². The van der Waals surface area contributed by atoms with Gasteiger partial charge in [-0.15, -0.1) is 0 Å². The number of nitrogens with one attached hydrogen (secondary N) is 1. The molecule has 2 aromatic rings. The van der Waals surface area contributed by atoms with Gasteiger partial charge in [-0.2, -0.15) is 0 Å². The molecule has 0 aliphatic rings. The van der Waals surface area contributed by atoms with E-state index in [1.807, 2.05) is 54.6 Å². The van der Waals surface area contributed by atoms with Gasteiger partial charge >= 0.3 is 0 Å². The van der Waals surface area contributed by atoms with Crippen LogP contribution in [0.2, 0.25) is 5.02 Å². The number of rotatable bonds is 7. The summed E-state index contributed by atoms with van der Waals surface area (Å²) in [7, 11) is 0. The maximum atomic E-state index is 10.1. The van der Waals surface area contributed by atoms with Crippen molar-refractivity contribution in [2.45, 2.75) is 25.1 Å². The molecule has 0 heterocycles. The predicted molar refractivity (Wildman–Crippen MR) is 87.3 cm³/mol. The second kappa shape index (κ2) is 8.15. The van der Waals surface area contributed by atoms with Gasteiger partial charge in [-0.05, 0) is 29.7 Å². The van der Waals surface area contributed by atoms with E-state index in [9.17, 15) is 5.11 Å². The Bertz CT molecular complexity index is 530. The molecule has 0 aliphatic heterocycles. The maximum Gasteiger partial charge on any atom is 0.0818 e. The Morgan fingerprint density at radius 2 is 1.67 bits per heavy atom. The lowest BCUT2D eigenvalue weighted by Gasteiger charge is -2.19. The van der Waals surface area contributed by atoms with Gasteiger partial charge in [0.2, 0.25) is 0 Å². The lowest BCUT2D eigenvalue weighted by Crippen LogP contribution is -2.42. The summed E-state index contributed by atoms with van der Waals surface area (Å²) in [5.74, 6) is 0. The summed E-state index contributed by atoms with van der Waals surface area (Å²) < 4.78 is 0. The van der Waals surface area contributed by atoms with E-state index in [1.165, 1.54) is 0 Å². The van der Waals surface area contributed by atoms with Crippen molar-refractivity contribution < 1.29 is 5.11 Å². The molecule has 0 bridgehead atoms. The number of hydrogen-bond donors (Lipinski definition) is 3. The van der Waals surface area contributed by atoms with Crippen molar-refractivity contribution >= 4 is 11.6 Å². The molecule has 3 nitrogen and oxygen atoms in total. The van der Waals surface area contributed by atoms with Crippen LogP contribution in [0.25, 0.3) is 0 Å². The standard InChI is InChI=1S/C17H21ClN2O/c18-15-8-6-14(7-9-15)11-20-12-17(21)16(19)10-13-4-2-1-3-5-13/h1-9,16-17,20-21H,10-12,19H2/t16?,17-/m0/s1. The molecule has 4 heteroatoms. The fourth-order valence-electron chi connectivity index (χ4n) is 2.14. The van der Waals surface area contributed by atoms with Crippen molar-refractivity contribution in [1.82, 2.24) is 5.32 Å². The second-order valence-electron chi connectivity index (χ2n) is 5.18. The van der Waals surface area contributed by atoms with Crippen molar-refractivity contribution in [2.24, 2.45) is 5.73 Å².